The minimum atomic E-state index is -3.13. The van der Waals surface area contributed by atoms with E-state index < -0.39 is 71.3 Å². The van der Waals surface area contributed by atoms with Crippen molar-refractivity contribution in [2.75, 3.05) is 19.8 Å². The normalized spacial score (nSPS) is 33.2. The first-order valence-electron chi connectivity index (χ1n) is 22.3. The first-order chi connectivity index (χ1) is 29.5. The van der Waals surface area contributed by atoms with Gasteiger partial charge in [0.15, 0.2) is 18.7 Å². The number of anilines is 1. The lowest BCUT2D eigenvalue weighted by atomic mass is 9.70. The maximum atomic E-state index is 16.9. The fourth-order valence-corrected chi connectivity index (χ4v) is 9.68. The van der Waals surface area contributed by atoms with Crippen molar-refractivity contribution in [2.45, 2.75) is 169 Å². The number of nitrogen functional groups attached to an aromatic ring is 1. The van der Waals surface area contributed by atoms with Crippen molar-refractivity contribution < 1.29 is 48.0 Å². The Hall–Kier alpha value is -3.74. The van der Waals surface area contributed by atoms with Gasteiger partial charge < -0.3 is 39.9 Å². The summed E-state index contributed by atoms with van der Waals surface area (Å²) in [5.41, 5.74) is 3.43. The molecule has 2 aliphatic rings. The van der Waals surface area contributed by atoms with Crippen LogP contribution in [0.5, 0.6) is 0 Å². The molecule has 0 aromatic carbocycles. The summed E-state index contributed by atoms with van der Waals surface area (Å²) in [6, 6.07) is 5.02. The monoisotopic (exact) mass is 902 g/mol. The van der Waals surface area contributed by atoms with Crippen LogP contribution in [0.4, 0.5) is 10.2 Å². The van der Waals surface area contributed by atoms with E-state index >= 15 is 4.39 Å². The highest BCUT2D eigenvalue weighted by molar-refractivity contribution is 7.13. The molecule has 15 nitrogen and oxygen atoms in total. The third kappa shape index (κ3) is 13.0. The van der Waals surface area contributed by atoms with Gasteiger partial charge in [-0.15, -0.1) is 11.3 Å². The number of carbonyl (C=O) groups excluding carboxylic acids is 3. The van der Waals surface area contributed by atoms with E-state index in [0.717, 1.165) is 6.92 Å². The molecule has 0 aliphatic carbocycles. The van der Waals surface area contributed by atoms with Gasteiger partial charge in [0, 0.05) is 35.4 Å². The van der Waals surface area contributed by atoms with Crippen LogP contribution in [0.1, 0.15) is 120 Å². The number of hydrogen-bond acceptors (Lipinski definition) is 15. The Morgan fingerprint density at radius 3 is 2.41 bits per heavy atom. The van der Waals surface area contributed by atoms with Crippen LogP contribution >= 0.6 is 11.3 Å². The van der Waals surface area contributed by atoms with Crippen LogP contribution < -0.4 is 5.73 Å². The number of aliphatic hydroxyl groups is 2. The maximum Gasteiger partial charge on any atom is 0.351 e. The topological polar surface area (TPSA) is 208 Å². The van der Waals surface area contributed by atoms with Crippen LogP contribution in [-0.2, 0) is 40.0 Å². The molecule has 0 spiro atoms. The van der Waals surface area contributed by atoms with E-state index in [2.05, 4.69) is 20.1 Å². The molecule has 4 heterocycles. The number of aliphatic imine (C=N–C) groups is 1. The number of cyclic esters (lactones) is 1. The number of esters is 1. The van der Waals surface area contributed by atoms with Crippen molar-refractivity contribution >= 4 is 46.2 Å². The van der Waals surface area contributed by atoms with Crippen molar-refractivity contribution in [3.8, 4) is 10.7 Å². The summed E-state index contributed by atoms with van der Waals surface area (Å²) in [6.45, 7) is 16.9. The minimum absolute atomic E-state index is 0.0427. The number of ether oxygens (including phenoxy) is 3. The molecule has 4 N–H and O–H groups in total. The largest absolute Gasteiger partial charge is 0.457 e. The molecule has 2 aromatic rings. The molecule has 4 rings (SSSR count). The number of nitrogens with two attached hydrogens (primary N) is 1. The summed E-state index contributed by atoms with van der Waals surface area (Å²) < 4.78 is 35.3. The van der Waals surface area contributed by atoms with Crippen molar-refractivity contribution in [3.05, 3.63) is 29.3 Å². The molecule has 2 unspecified atom stereocenters. The molecule has 2 aromatic heterocycles. The first-order valence-corrected chi connectivity index (χ1v) is 23.2. The molecular weight excluding hydrogens is 832 g/mol. The van der Waals surface area contributed by atoms with Crippen molar-refractivity contribution in [2.24, 2.45) is 39.7 Å². The van der Waals surface area contributed by atoms with E-state index in [1.807, 2.05) is 65.1 Å². The number of pyridine rings is 1. The number of oxime groups is 1. The second kappa shape index (κ2) is 22.4. The number of amides is 1. The molecule has 2 saturated heterocycles. The molecular formula is C46H71FN6O9S. The van der Waals surface area contributed by atoms with Gasteiger partial charge in [0.1, 0.15) is 34.3 Å². The van der Waals surface area contributed by atoms with Crippen LogP contribution in [0.2, 0.25) is 0 Å². The predicted molar refractivity (Wildman–Crippen MR) is 242 cm³/mol. The average Bonchev–Trinajstić information content (AvgIpc) is 3.71. The lowest BCUT2D eigenvalue weighted by molar-refractivity contribution is -0.278. The Labute approximate surface area is 376 Å². The highest BCUT2D eigenvalue weighted by Gasteiger charge is 2.52. The Balaban J connectivity index is 1.79. The molecule has 0 saturated carbocycles. The molecule has 0 bridgehead atoms. The van der Waals surface area contributed by atoms with Crippen LogP contribution in [0.25, 0.3) is 10.7 Å². The first kappa shape index (κ1) is 51.9. The fourth-order valence-electron chi connectivity index (χ4n) is 8.91. The van der Waals surface area contributed by atoms with Crippen molar-refractivity contribution in [1.82, 2.24) is 14.9 Å². The number of carbonyl (C=O) groups is 3. The Morgan fingerprint density at radius 2 is 1.79 bits per heavy atom. The zero-order valence-electron chi connectivity index (χ0n) is 39.2. The van der Waals surface area contributed by atoms with E-state index in [1.165, 1.54) is 18.3 Å². The molecule has 2 fully saturated rings. The highest BCUT2D eigenvalue weighted by Crippen LogP contribution is 2.39. The summed E-state index contributed by atoms with van der Waals surface area (Å²) in [5, 5.41) is 31.2. The number of hydrogen-bond donors (Lipinski definition) is 3. The van der Waals surface area contributed by atoms with E-state index in [-0.39, 0.29) is 49.8 Å². The van der Waals surface area contributed by atoms with Gasteiger partial charge in [-0.3, -0.25) is 9.59 Å². The Kier molecular flexibility index (Phi) is 18.5. The number of rotatable bonds is 12. The zero-order valence-corrected chi connectivity index (χ0v) is 40.0. The van der Waals surface area contributed by atoms with Crippen LogP contribution in [0.3, 0.4) is 0 Å². The number of aromatic nitrogens is 2. The summed E-state index contributed by atoms with van der Waals surface area (Å²) in [5.74, 6) is -5.50. The number of alkyl halides is 1. The quantitative estimate of drug-likeness (QED) is 0.0852. The smallest absolute Gasteiger partial charge is 0.351 e. The number of likely N-dealkylation sites (N-methyl/N-ethyl adjacent to an activating group) is 1. The van der Waals surface area contributed by atoms with Gasteiger partial charge in [0.2, 0.25) is 5.91 Å². The summed E-state index contributed by atoms with van der Waals surface area (Å²) in [6.07, 6.45) is -2.71. The van der Waals surface area contributed by atoms with E-state index in [0.29, 0.717) is 59.3 Å². The third-order valence-corrected chi connectivity index (χ3v) is 13.6. The lowest BCUT2D eigenvalue weighted by Crippen LogP contribution is -2.57. The molecule has 2 aliphatic heterocycles. The number of halogens is 1. The summed E-state index contributed by atoms with van der Waals surface area (Å²) >= 11 is 1.40. The molecule has 352 valence electrons. The fraction of sp³-hybridized carbons (Fsp3) is 0.717. The van der Waals surface area contributed by atoms with Gasteiger partial charge in [0.05, 0.1) is 23.6 Å². The molecule has 63 heavy (non-hydrogen) atoms. The maximum absolute atomic E-state index is 16.9. The number of thiazole rings is 1. The standard InChI is InChI=1S/C46H71FN6O9S/c1-13-35-46(10,58)32(28(7)38(25(3)4)51-37(54)14-2)21-20-30(52-59-23-31-24-63-42(49-31)33-16-15-17-36(48)50-33)19-18-26(5)40(29(8)41(56)45(9,47)44(57)61-35)62-43-39(55)34(53(11)12)22-27(6)60-43/h15-17,24-29,32,34-35,39-40,43,55,58H,13-14,18-23H2,1-12H3,(H2,48,50)/b51-38+,52-30-/t26?,27-,28-,29-,32-,34?,35-,39-,40+,43+,45+,46+/m1/s1. The zero-order chi connectivity index (χ0) is 47.0. The van der Waals surface area contributed by atoms with Gasteiger partial charge in [-0.2, -0.15) is 0 Å². The van der Waals surface area contributed by atoms with Crippen LogP contribution in [0, 0.1) is 29.6 Å². The summed E-state index contributed by atoms with van der Waals surface area (Å²) in [7, 11) is 3.70. The highest BCUT2D eigenvalue weighted by atomic mass is 32.1. The van der Waals surface area contributed by atoms with Gasteiger partial charge in [-0.05, 0) is 103 Å². The Bertz CT molecular complexity index is 1920. The number of nitrogens with zero attached hydrogens (tertiary/aromatic N) is 5. The molecule has 1 amide bonds. The van der Waals surface area contributed by atoms with Gasteiger partial charge >= 0.3 is 5.97 Å². The van der Waals surface area contributed by atoms with Gasteiger partial charge in [-0.25, -0.2) is 24.1 Å². The van der Waals surface area contributed by atoms with Crippen molar-refractivity contribution in [1.29, 1.82) is 0 Å². The minimum Gasteiger partial charge on any atom is -0.457 e. The van der Waals surface area contributed by atoms with Gasteiger partial charge in [-0.1, -0.05) is 59.7 Å². The van der Waals surface area contributed by atoms with E-state index in [1.54, 1.807) is 32.9 Å². The number of aliphatic hydroxyl groups excluding tert-OH is 1. The lowest BCUT2D eigenvalue weighted by Gasteiger charge is -2.44. The molecule has 12 atom stereocenters. The van der Waals surface area contributed by atoms with Crippen molar-refractivity contribution in [3.63, 3.8) is 0 Å². The van der Waals surface area contributed by atoms with E-state index in [4.69, 9.17) is 24.8 Å². The second-order valence-corrected chi connectivity index (χ2v) is 19.1. The number of ketones is 1. The SMILES string of the molecule is CCC(=O)/N=C(\C(C)C)[C@H](C)[C@H]1CC/C(=N\OCc2csc(-c3cccc(N)n3)n2)CCC(C)[C@H](O[C@@H]2O[C@H](C)CC(N(C)C)[C@H]2O)[C@@H](C)C(=O)[C@](C)(F)C(=O)O[C@H](CC)[C@@]1(C)O. The third-order valence-electron chi connectivity index (χ3n) is 12.7. The van der Waals surface area contributed by atoms with Crippen LogP contribution in [-0.4, -0.2) is 116 Å². The van der Waals surface area contributed by atoms with E-state index in [9.17, 15) is 24.6 Å². The average molecular weight is 903 g/mol. The Morgan fingerprint density at radius 1 is 1.11 bits per heavy atom. The second-order valence-electron chi connectivity index (χ2n) is 18.3. The predicted octanol–water partition coefficient (Wildman–Crippen LogP) is 6.97. The van der Waals surface area contributed by atoms with Gasteiger partial charge in [0.25, 0.3) is 5.67 Å². The molecule has 0 radical (unpaired) electrons. The van der Waals surface area contributed by atoms with Crippen LogP contribution in [0.15, 0.2) is 33.7 Å². The summed E-state index contributed by atoms with van der Waals surface area (Å²) in [4.78, 5) is 62.3. The molecule has 17 heteroatoms. The number of Topliss-reactive ketones (excluding diaryl/α,β-unsaturated/α-hetero) is 1.